The zero-order valence-corrected chi connectivity index (χ0v) is 47.0. The molecule has 0 radical (unpaired) electrons. The summed E-state index contributed by atoms with van der Waals surface area (Å²) in [6.45, 7) is 12.8. The lowest BCUT2D eigenvalue weighted by Crippen LogP contribution is -2.61. The number of esters is 1. The summed E-state index contributed by atoms with van der Waals surface area (Å²) in [5, 5.41) is 32.4. The minimum Gasteiger partial charge on any atom is -0.460 e. The number of Topliss-reactive ketones (excluding diaryl/α,β-unsaturated/α-hetero) is 3. The number of carbonyl (C=O) groups is 5. The van der Waals surface area contributed by atoms with E-state index in [1.165, 1.54) is 12.0 Å². The van der Waals surface area contributed by atoms with Crippen molar-refractivity contribution in [3.8, 4) is 23.6 Å². The summed E-state index contributed by atoms with van der Waals surface area (Å²) in [5.41, 5.74) is 3.71. The molecule has 2 aromatic rings. The Morgan fingerprint density at radius 3 is 2.39 bits per heavy atom. The SMILES string of the molecule is C#Cc1cccc(-c2cnnn2[C@H]2CC[C@@H](C[C@@H](C)[C@@H]3CC(=O)[C@H](C)/C=C(\C)[C@@H](O)[C@@H](OC)C(=O)[C@H](C)C[C@H](C)/C=C/C=C/C=C(\C)[C@@H](OC)C[C@@H]4CC[C@@H](C)[C@@](O)(O4)C(=O)C(=O)N4CCCC[C@H]4C(=O)O3)CC2OC)c1. The van der Waals surface area contributed by atoms with Gasteiger partial charge in [0, 0.05) is 69.6 Å². The Balaban J connectivity index is 1.29. The lowest BCUT2D eigenvalue weighted by molar-refractivity contribution is -0.265. The second-order valence-corrected chi connectivity index (χ2v) is 22.4. The topological polar surface area (TPSA) is 206 Å². The number of aliphatic hydroxyl groups excluding tert-OH is 1. The smallest absolute Gasteiger partial charge is 0.329 e. The number of cyclic esters (lactones) is 1. The fourth-order valence-corrected chi connectivity index (χ4v) is 11.9. The van der Waals surface area contributed by atoms with Crippen LogP contribution in [0.2, 0.25) is 0 Å². The largest absolute Gasteiger partial charge is 0.460 e. The Morgan fingerprint density at radius 1 is 0.909 bits per heavy atom. The van der Waals surface area contributed by atoms with Crippen LogP contribution in [0, 0.1) is 47.9 Å². The third kappa shape index (κ3) is 15.0. The number of amides is 1. The molecule has 2 saturated heterocycles. The predicted molar refractivity (Wildman–Crippen MR) is 292 cm³/mol. The number of fused-ring (bicyclic) bond motifs is 3. The van der Waals surface area contributed by atoms with Gasteiger partial charge in [-0.05, 0) is 119 Å². The van der Waals surface area contributed by atoms with Crippen molar-refractivity contribution in [2.45, 2.75) is 180 Å². The summed E-state index contributed by atoms with van der Waals surface area (Å²) < 4.78 is 32.2. The second-order valence-electron chi connectivity index (χ2n) is 22.4. The monoisotopic (exact) mass is 1060 g/mol. The Morgan fingerprint density at radius 2 is 1.68 bits per heavy atom. The van der Waals surface area contributed by atoms with Crippen molar-refractivity contribution in [3.05, 3.63) is 83.6 Å². The van der Waals surface area contributed by atoms with Gasteiger partial charge in [0.15, 0.2) is 5.78 Å². The van der Waals surface area contributed by atoms with Crippen molar-refractivity contribution < 1.29 is 57.9 Å². The summed E-state index contributed by atoms with van der Waals surface area (Å²) in [6.07, 6.45) is 19.4. The third-order valence-electron chi connectivity index (χ3n) is 16.7. The number of benzene rings is 1. The fraction of sp³-hybridized carbons (Fsp3) is 0.623. The van der Waals surface area contributed by atoms with Gasteiger partial charge in [0.2, 0.25) is 5.79 Å². The highest BCUT2D eigenvalue weighted by atomic mass is 16.6. The number of ketones is 3. The number of aliphatic hydroxyl groups is 2. The highest BCUT2D eigenvalue weighted by molar-refractivity contribution is 6.39. The van der Waals surface area contributed by atoms with E-state index in [2.05, 4.69) is 16.2 Å². The first-order chi connectivity index (χ1) is 36.7. The van der Waals surface area contributed by atoms with Crippen LogP contribution >= 0.6 is 0 Å². The zero-order valence-electron chi connectivity index (χ0n) is 47.0. The van der Waals surface area contributed by atoms with E-state index in [0.717, 1.165) is 28.8 Å². The van der Waals surface area contributed by atoms with Crippen LogP contribution in [0.15, 0.2) is 78.1 Å². The van der Waals surface area contributed by atoms with E-state index < -0.39 is 77.8 Å². The molecule has 6 rings (SSSR count). The molecule has 1 aliphatic carbocycles. The quantitative estimate of drug-likeness (QED) is 0.110. The van der Waals surface area contributed by atoms with Crippen LogP contribution in [0.1, 0.15) is 137 Å². The summed E-state index contributed by atoms with van der Waals surface area (Å²) in [4.78, 5) is 73.0. The number of allylic oxidation sites excluding steroid dienone is 6. The van der Waals surface area contributed by atoms with Crippen LogP contribution in [0.3, 0.4) is 0 Å². The Hall–Kier alpha value is -5.41. The Labute approximate surface area is 456 Å². The van der Waals surface area contributed by atoms with Gasteiger partial charge in [-0.25, -0.2) is 9.48 Å². The fourth-order valence-electron chi connectivity index (χ4n) is 11.9. The van der Waals surface area contributed by atoms with E-state index >= 15 is 0 Å². The van der Waals surface area contributed by atoms with E-state index in [1.54, 1.807) is 47.3 Å². The molecule has 1 aromatic carbocycles. The number of rotatable bonds is 8. The lowest BCUT2D eigenvalue weighted by atomic mass is 9.77. The van der Waals surface area contributed by atoms with E-state index in [9.17, 15) is 34.2 Å². The van der Waals surface area contributed by atoms with E-state index in [0.29, 0.717) is 63.4 Å². The average molecular weight is 1070 g/mol. The number of hydrogen-bond donors (Lipinski definition) is 2. The van der Waals surface area contributed by atoms with Crippen molar-refractivity contribution in [1.29, 1.82) is 0 Å². The molecule has 2 N–H and O–H groups in total. The molecule has 16 nitrogen and oxygen atoms in total. The number of hydrogen-bond acceptors (Lipinski definition) is 14. The first-order valence-electron chi connectivity index (χ1n) is 27.7. The van der Waals surface area contributed by atoms with Gasteiger partial charge in [0.1, 0.15) is 30.1 Å². The third-order valence-corrected chi connectivity index (χ3v) is 16.7. The molecule has 1 unspecified atom stereocenters. The summed E-state index contributed by atoms with van der Waals surface area (Å²) in [6, 6.07) is 6.37. The van der Waals surface area contributed by atoms with Gasteiger partial charge >= 0.3 is 5.97 Å². The van der Waals surface area contributed by atoms with Gasteiger partial charge in [-0.1, -0.05) is 94.3 Å². The molecule has 1 amide bonds. The van der Waals surface area contributed by atoms with Crippen LogP contribution in [-0.2, 0) is 47.7 Å². The highest BCUT2D eigenvalue weighted by Gasteiger charge is 2.53. The standard InChI is InChI=1S/C61H84N4O12/c1-12-44-21-18-22-46(32-44)50-36-62-63-65(50)48-27-25-45(33-54(48)74-10)31-40(5)53-35-51(66)39(4)30-42(7)56(68)57(75-11)55(67)41(6)29-37(2)19-14-13-15-20-38(3)52(73-9)34-47-26-24-43(8)61(72,77-47)58(69)59(70)64-28-17-16-23-49(64)60(71)76-53/h1,13-15,18-22,30,32,36-37,39-41,43,45,47-49,52-54,56-57,68,72H,16-17,23-29,31,33-35H2,2-11H3/b15-13+,19-14+,38-20+,42-30+/t37-,39-,40-,41-,43-,45+,47+,48+,49+,52+,53+,54?,56-,57+,61-/m1/s1. The molecule has 3 fully saturated rings. The molecule has 2 bridgehead atoms. The summed E-state index contributed by atoms with van der Waals surface area (Å²) >= 11 is 0. The minimum absolute atomic E-state index is 0.00725. The molecule has 1 aromatic heterocycles. The van der Waals surface area contributed by atoms with Crippen molar-refractivity contribution in [1.82, 2.24) is 19.9 Å². The van der Waals surface area contributed by atoms with Gasteiger partial charge in [-0.15, -0.1) is 11.5 Å². The van der Waals surface area contributed by atoms with Gasteiger partial charge in [-0.3, -0.25) is 19.2 Å². The molecule has 4 aliphatic rings. The lowest BCUT2D eigenvalue weighted by Gasteiger charge is -2.42. The molecule has 77 heavy (non-hydrogen) atoms. The van der Waals surface area contributed by atoms with Crippen LogP contribution in [0.25, 0.3) is 11.3 Å². The summed E-state index contributed by atoms with van der Waals surface area (Å²) in [7, 11) is 4.64. The van der Waals surface area contributed by atoms with Crippen molar-refractivity contribution >= 4 is 29.2 Å². The number of methoxy groups -OCH3 is 3. The van der Waals surface area contributed by atoms with Crippen LogP contribution in [0.5, 0.6) is 0 Å². The van der Waals surface area contributed by atoms with Crippen LogP contribution < -0.4 is 0 Å². The average Bonchev–Trinajstić information content (AvgIpc) is 3.92. The van der Waals surface area contributed by atoms with E-state index in [1.807, 2.05) is 87.0 Å². The molecule has 1 saturated carbocycles. The van der Waals surface area contributed by atoms with Gasteiger partial charge in [-0.2, -0.15) is 0 Å². The van der Waals surface area contributed by atoms with Crippen LogP contribution in [0.4, 0.5) is 0 Å². The minimum atomic E-state index is -2.45. The number of nitrogens with zero attached hydrogens (tertiary/aromatic N) is 4. The van der Waals surface area contributed by atoms with Gasteiger partial charge in [0.25, 0.3) is 11.7 Å². The second kappa shape index (κ2) is 28.0. The van der Waals surface area contributed by atoms with Crippen molar-refractivity contribution in [3.63, 3.8) is 0 Å². The Kier molecular flexibility index (Phi) is 22.1. The van der Waals surface area contributed by atoms with Crippen LogP contribution in [-0.4, -0.2) is 136 Å². The molecule has 3 aliphatic heterocycles. The molecule has 420 valence electrons. The molecule has 16 heteroatoms. The van der Waals surface area contributed by atoms with E-state index in [4.69, 9.17) is 30.1 Å². The molecule has 0 spiro atoms. The molecular weight excluding hydrogens is 981 g/mol. The summed E-state index contributed by atoms with van der Waals surface area (Å²) in [5.74, 6) is -5.43. The van der Waals surface area contributed by atoms with E-state index in [-0.39, 0.29) is 60.9 Å². The number of piperidine rings is 1. The normalized spacial score (nSPS) is 35.8. The molecule has 15 atom stereocenters. The maximum absolute atomic E-state index is 14.7. The Bertz CT molecular complexity index is 2540. The maximum atomic E-state index is 14.7. The molecule has 4 heterocycles. The first kappa shape index (κ1) is 60.8. The first-order valence-corrected chi connectivity index (χ1v) is 27.7. The number of carbonyl (C=O) groups excluding carboxylic acids is 5. The van der Waals surface area contributed by atoms with Gasteiger partial charge < -0.3 is 38.8 Å². The van der Waals surface area contributed by atoms with Crippen molar-refractivity contribution in [2.24, 2.45) is 35.5 Å². The van der Waals surface area contributed by atoms with Gasteiger partial charge in [0.05, 0.1) is 36.2 Å². The number of aromatic nitrogens is 3. The number of ether oxygens (including phenoxy) is 5. The molecular formula is C61H84N4O12. The maximum Gasteiger partial charge on any atom is 0.329 e. The zero-order chi connectivity index (χ0) is 56.1. The highest BCUT2D eigenvalue weighted by Crippen LogP contribution is 2.41. The number of terminal acetylenes is 1. The predicted octanol–water partition coefficient (Wildman–Crippen LogP) is 8.30. The van der Waals surface area contributed by atoms with Crippen molar-refractivity contribution in [2.75, 3.05) is 27.9 Å².